The van der Waals surface area contributed by atoms with Gasteiger partial charge in [0.15, 0.2) is 0 Å². The van der Waals surface area contributed by atoms with E-state index in [0.717, 1.165) is 50.0 Å². The van der Waals surface area contributed by atoms with E-state index in [4.69, 9.17) is 9.47 Å². The van der Waals surface area contributed by atoms with Crippen LogP contribution in [0.15, 0.2) is 59.3 Å². The Labute approximate surface area is 226 Å². The Morgan fingerprint density at radius 1 is 1.00 bits per heavy atom. The van der Waals surface area contributed by atoms with Gasteiger partial charge in [0.1, 0.15) is 17.6 Å². The molecule has 1 fully saturated rings. The summed E-state index contributed by atoms with van der Waals surface area (Å²) < 4.78 is 11.7. The number of Topliss-reactive ketones (excluding diaryl/α,β-unsaturated/α-hetero) is 1. The molecule has 0 amide bonds. The van der Waals surface area contributed by atoms with Gasteiger partial charge in [0.25, 0.3) is 0 Å². The predicted octanol–water partition coefficient (Wildman–Crippen LogP) is 5.43. The monoisotopic (exact) mass is 541 g/mol. The number of hydrogen-bond donors (Lipinski definition) is 1. The van der Waals surface area contributed by atoms with E-state index >= 15 is 0 Å². The van der Waals surface area contributed by atoms with Crippen molar-refractivity contribution in [1.29, 1.82) is 0 Å². The van der Waals surface area contributed by atoms with Crippen molar-refractivity contribution in [2.75, 3.05) is 20.2 Å². The normalized spacial score (nSPS) is 18.1. The minimum Gasteiger partial charge on any atom is -0.494 e. The van der Waals surface area contributed by atoms with Crippen LogP contribution >= 0.6 is 22.7 Å². The third kappa shape index (κ3) is 7.08. The highest BCUT2D eigenvalue weighted by molar-refractivity contribution is 7.12. The highest BCUT2D eigenvalue weighted by Gasteiger charge is 2.45. The second-order valence-electron chi connectivity index (χ2n) is 9.71. The molecule has 37 heavy (non-hydrogen) atoms. The Morgan fingerprint density at radius 3 is 2.16 bits per heavy atom. The van der Waals surface area contributed by atoms with E-state index in [2.05, 4.69) is 11.9 Å². The van der Waals surface area contributed by atoms with Crippen molar-refractivity contribution in [3.63, 3.8) is 0 Å². The van der Waals surface area contributed by atoms with Crippen molar-refractivity contribution in [1.82, 2.24) is 4.90 Å². The van der Waals surface area contributed by atoms with Gasteiger partial charge in [-0.05, 0) is 86.7 Å². The van der Waals surface area contributed by atoms with Crippen LogP contribution in [-0.2, 0) is 26.3 Å². The van der Waals surface area contributed by atoms with Crippen LogP contribution in [0.4, 0.5) is 0 Å². The molecule has 0 atom stereocenters. The molecule has 0 aliphatic heterocycles. The van der Waals surface area contributed by atoms with Gasteiger partial charge in [0.05, 0.1) is 16.4 Å². The maximum Gasteiger partial charge on any atom is 0.349 e. The van der Waals surface area contributed by atoms with Crippen molar-refractivity contribution in [3.8, 4) is 5.75 Å². The Balaban J connectivity index is 1.20. The lowest BCUT2D eigenvalue weighted by molar-refractivity contribution is -0.169. The fourth-order valence-electron chi connectivity index (χ4n) is 4.81. The van der Waals surface area contributed by atoms with Gasteiger partial charge in [-0.1, -0.05) is 24.3 Å². The molecule has 0 bridgehead atoms. The summed E-state index contributed by atoms with van der Waals surface area (Å²) in [5.74, 6) is 0.394. The zero-order valence-corrected chi connectivity index (χ0v) is 23.1. The van der Waals surface area contributed by atoms with E-state index in [1.807, 2.05) is 47.2 Å². The molecule has 0 saturated heterocycles. The van der Waals surface area contributed by atoms with Crippen LogP contribution in [0.2, 0.25) is 0 Å². The van der Waals surface area contributed by atoms with Gasteiger partial charge in [-0.25, -0.2) is 4.79 Å². The molecule has 0 unspecified atom stereocenters. The Morgan fingerprint density at radius 2 is 1.62 bits per heavy atom. The molecule has 0 spiro atoms. The molecule has 1 aromatic carbocycles. The summed E-state index contributed by atoms with van der Waals surface area (Å²) in [6, 6.07) is 15.4. The largest absolute Gasteiger partial charge is 0.494 e. The summed E-state index contributed by atoms with van der Waals surface area (Å²) in [6.45, 7) is 3.15. The van der Waals surface area contributed by atoms with E-state index < -0.39 is 11.6 Å². The average molecular weight is 542 g/mol. The van der Waals surface area contributed by atoms with Crippen LogP contribution in [0, 0.1) is 0 Å². The molecule has 2 aromatic heterocycles. The number of hydrogen-bond acceptors (Lipinski definition) is 8. The lowest BCUT2D eigenvalue weighted by Crippen LogP contribution is -2.42. The maximum atomic E-state index is 13.2. The summed E-state index contributed by atoms with van der Waals surface area (Å²) in [5, 5.41) is 15.2. The number of thiophene rings is 2. The molecule has 198 valence electrons. The van der Waals surface area contributed by atoms with Crippen molar-refractivity contribution in [3.05, 3.63) is 74.6 Å². The molecule has 8 heteroatoms. The van der Waals surface area contributed by atoms with Crippen molar-refractivity contribution >= 4 is 34.4 Å². The van der Waals surface area contributed by atoms with Crippen LogP contribution in [0.1, 0.15) is 54.3 Å². The second kappa shape index (κ2) is 12.8. The quantitative estimate of drug-likeness (QED) is 0.243. The highest BCUT2D eigenvalue weighted by Crippen LogP contribution is 2.38. The number of aliphatic hydroxyl groups is 1. The van der Waals surface area contributed by atoms with Crippen molar-refractivity contribution in [2.45, 2.75) is 63.2 Å². The molecule has 4 rings (SSSR count). The van der Waals surface area contributed by atoms with Gasteiger partial charge in [-0.3, -0.25) is 4.79 Å². The number of ether oxygens (including phenoxy) is 2. The van der Waals surface area contributed by atoms with Crippen molar-refractivity contribution < 1.29 is 24.2 Å². The molecule has 2 heterocycles. The Hall–Kier alpha value is -2.52. The first-order valence-electron chi connectivity index (χ1n) is 12.8. The maximum absolute atomic E-state index is 13.2. The van der Waals surface area contributed by atoms with Crippen LogP contribution in [0.3, 0.4) is 0 Å². The number of carbonyl (C=O) groups is 2. The van der Waals surface area contributed by atoms with E-state index in [1.54, 1.807) is 19.1 Å². The zero-order chi connectivity index (χ0) is 26.3. The number of nitrogens with zero attached hydrogens (tertiary/aromatic N) is 1. The van der Waals surface area contributed by atoms with E-state index in [1.165, 1.54) is 22.7 Å². The third-order valence-electron chi connectivity index (χ3n) is 6.89. The van der Waals surface area contributed by atoms with Crippen LogP contribution in [0.5, 0.6) is 5.75 Å². The van der Waals surface area contributed by atoms with Crippen LogP contribution in [-0.4, -0.2) is 54.1 Å². The van der Waals surface area contributed by atoms with Crippen LogP contribution in [0.25, 0.3) is 0 Å². The SMILES string of the molecule is CC(=O)Cc1ccc(OCCCN(C)[C@H]2CC[C@H](OC(=O)C(O)(c3cccs3)c3cccs3)CC2)cc1. The van der Waals surface area contributed by atoms with E-state index in [0.29, 0.717) is 28.8 Å². The van der Waals surface area contributed by atoms with Crippen LogP contribution < -0.4 is 4.74 Å². The summed E-state index contributed by atoms with van der Waals surface area (Å²) in [5.41, 5.74) is -0.743. The fourth-order valence-corrected chi connectivity index (χ4v) is 6.52. The Bertz CT molecular complexity index is 1090. The smallest absolute Gasteiger partial charge is 0.349 e. The van der Waals surface area contributed by atoms with Gasteiger partial charge in [-0.15, -0.1) is 22.7 Å². The number of rotatable bonds is 12. The minimum atomic E-state index is -1.75. The first-order valence-corrected chi connectivity index (χ1v) is 14.5. The molecule has 3 aromatic rings. The second-order valence-corrected chi connectivity index (χ2v) is 11.6. The highest BCUT2D eigenvalue weighted by atomic mass is 32.1. The first kappa shape index (κ1) is 27.5. The summed E-state index contributed by atoms with van der Waals surface area (Å²) in [4.78, 5) is 28.0. The zero-order valence-electron chi connectivity index (χ0n) is 21.4. The Kier molecular flexibility index (Phi) is 9.54. The lowest BCUT2D eigenvalue weighted by atomic mass is 9.91. The number of esters is 1. The summed E-state index contributed by atoms with van der Waals surface area (Å²) in [7, 11) is 2.14. The first-order chi connectivity index (χ1) is 17.9. The lowest BCUT2D eigenvalue weighted by Gasteiger charge is -2.35. The molecule has 1 aliphatic carbocycles. The summed E-state index contributed by atoms with van der Waals surface area (Å²) in [6.07, 6.45) is 4.65. The summed E-state index contributed by atoms with van der Waals surface area (Å²) >= 11 is 2.72. The molecule has 1 aliphatic rings. The average Bonchev–Trinajstić information content (AvgIpc) is 3.62. The topological polar surface area (TPSA) is 76.1 Å². The molecule has 1 N–H and O–H groups in total. The van der Waals surface area contributed by atoms with Gasteiger partial charge in [0, 0.05) is 19.0 Å². The minimum absolute atomic E-state index is 0.155. The number of ketones is 1. The fraction of sp³-hybridized carbons (Fsp3) is 0.448. The van der Waals surface area contributed by atoms with E-state index in [-0.39, 0.29) is 11.9 Å². The molecule has 1 saturated carbocycles. The van der Waals surface area contributed by atoms with Gasteiger partial charge in [0.2, 0.25) is 5.60 Å². The number of carbonyl (C=O) groups excluding carboxylic acids is 2. The van der Waals surface area contributed by atoms with E-state index in [9.17, 15) is 14.7 Å². The van der Waals surface area contributed by atoms with Gasteiger partial charge < -0.3 is 19.5 Å². The van der Waals surface area contributed by atoms with Gasteiger partial charge >= 0.3 is 5.97 Å². The third-order valence-corrected chi connectivity index (χ3v) is 8.85. The number of benzene rings is 1. The molecular weight excluding hydrogens is 506 g/mol. The van der Waals surface area contributed by atoms with Crippen molar-refractivity contribution in [2.24, 2.45) is 0 Å². The van der Waals surface area contributed by atoms with Gasteiger partial charge in [-0.2, -0.15) is 0 Å². The molecular formula is C29H35NO5S2. The predicted molar refractivity (Wildman–Crippen MR) is 147 cm³/mol. The standard InChI is InChI=1S/C29H35NO5S2/c1-21(31)20-22-8-12-24(13-9-22)34-17-5-16-30(2)23-10-14-25(15-11-23)35-28(32)29(33,26-6-3-18-36-26)27-7-4-19-37-27/h3-4,6-9,12-13,18-19,23,25,33H,5,10-11,14-17,20H2,1-2H3/t23-,25-. The molecule has 6 nitrogen and oxygen atoms in total. The molecule has 0 radical (unpaired) electrons.